The molecular weight excluding hydrogens is 399 g/mol. The molecule has 9 heteroatoms. The Balaban J connectivity index is 1.83. The third-order valence-corrected chi connectivity index (χ3v) is 5.13. The number of rotatable bonds is 7. The number of pyridine rings is 1. The third-order valence-electron chi connectivity index (χ3n) is 5.13. The van der Waals surface area contributed by atoms with Gasteiger partial charge in [0, 0.05) is 24.2 Å². The van der Waals surface area contributed by atoms with E-state index in [0.717, 1.165) is 23.1 Å². The Labute approximate surface area is 177 Å². The Morgan fingerprint density at radius 1 is 1.13 bits per heavy atom. The monoisotopic (exact) mass is 422 g/mol. The molecule has 0 aliphatic heterocycles. The standard InChI is InChI=1S/C22H23FN6O2/c1-2-3-10-28-20-19(26-18(27-20)11-16-9-8-15(24)12-25-16)21(30)29(22(28)31)13-14-6-4-5-7-17(14)23/h4-9,12H,2-3,10-11,13,24H2,1H3,(H,26,27). The summed E-state index contributed by atoms with van der Waals surface area (Å²) in [7, 11) is 0. The smallest absolute Gasteiger partial charge is 0.333 e. The summed E-state index contributed by atoms with van der Waals surface area (Å²) >= 11 is 0. The molecule has 0 unspecified atom stereocenters. The number of unbranched alkanes of at least 4 members (excludes halogenated alkanes) is 1. The number of nitrogens with two attached hydrogens (primary N) is 1. The van der Waals surface area contributed by atoms with Gasteiger partial charge < -0.3 is 10.7 Å². The lowest BCUT2D eigenvalue weighted by molar-refractivity contribution is 0.553. The molecule has 3 N–H and O–H groups in total. The highest BCUT2D eigenvalue weighted by atomic mass is 19.1. The second kappa shape index (κ2) is 8.55. The van der Waals surface area contributed by atoms with Gasteiger partial charge in [-0.05, 0) is 24.6 Å². The van der Waals surface area contributed by atoms with E-state index in [1.807, 2.05) is 6.92 Å². The van der Waals surface area contributed by atoms with Crippen LogP contribution in [0.3, 0.4) is 0 Å². The summed E-state index contributed by atoms with van der Waals surface area (Å²) in [5.41, 5.74) is 6.72. The lowest BCUT2D eigenvalue weighted by atomic mass is 10.2. The minimum Gasteiger partial charge on any atom is -0.397 e. The van der Waals surface area contributed by atoms with Crippen LogP contribution in [0.15, 0.2) is 52.2 Å². The number of hydrogen-bond acceptors (Lipinski definition) is 5. The van der Waals surface area contributed by atoms with E-state index >= 15 is 0 Å². The van der Waals surface area contributed by atoms with Gasteiger partial charge in [-0.3, -0.25) is 18.9 Å². The SMILES string of the molecule is CCCCn1c(=O)n(Cc2ccccc2F)c(=O)c2[nH]c(Cc3ccc(N)cn3)nc21. The predicted octanol–water partition coefficient (Wildman–Crippen LogP) is 2.44. The Bertz CT molecular complexity index is 1340. The summed E-state index contributed by atoms with van der Waals surface area (Å²) in [5, 5.41) is 0. The van der Waals surface area contributed by atoms with Crippen LogP contribution in [0.2, 0.25) is 0 Å². The number of aryl methyl sites for hydroxylation is 1. The molecule has 3 aromatic heterocycles. The maximum atomic E-state index is 14.2. The summed E-state index contributed by atoms with van der Waals surface area (Å²) < 4.78 is 16.7. The summed E-state index contributed by atoms with van der Waals surface area (Å²) in [5.74, 6) is 0.0476. The normalized spacial score (nSPS) is 11.3. The first-order valence-corrected chi connectivity index (χ1v) is 10.1. The Kier molecular flexibility index (Phi) is 5.66. The van der Waals surface area contributed by atoms with Crippen molar-refractivity contribution in [3.8, 4) is 0 Å². The molecule has 1 aromatic carbocycles. The number of nitrogens with zero attached hydrogens (tertiary/aromatic N) is 4. The summed E-state index contributed by atoms with van der Waals surface area (Å²) in [6, 6.07) is 9.63. The number of halogens is 1. The van der Waals surface area contributed by atoms with Crippen LogP contribution in [0, 0.1) is 5.82 Å². The number of hydrogen-bond donors (Lipinski definition) is 2. The van der Waals surface area contributed by atoms with Crippen molar-refractivity contribution < 1.29 is 4.39 Å². The number of anilines is 1. The molecule has 31 heavy (non-hydrogen) atoms. The number of aromatic nitrogens is 5. The molecule has 0 aliphatic carbocycles. The number of H-pyrrole nitrogens is 1. The van der Waals surface area contributed by atoms with Crippen molar-refractivity contribution in [3.63, 3.8) is 0 Å². The van der Waals surface area contributed by atoms with Crippen LogP contribution in [0.4, 0.5) is 10.1 Å². The van der Waals surface area contributed by atoms with Crippen LogP contribution in [0.5, 0.6) is 0 Å². The topological polar surface area (TPSA) is 112 Å². The van der Waals surface area contributed by atoms with Crippen LogP contribution < -0.4 is 17.0 Å². The number of nitrogen functional groups attached to an aromatic ring is 1. The fourth-order valence-corrected chi connectivity index (χ4v) is 3.46. The molecule has 4 aromatic rings. The van der Waals surface area contributed by atoms with Crippen molar-refractivity contribution in [2.24, 2.45) is 0 Å². The lowest BCUT2D eigenvalue weighted by Crippen LogP contribution is -2.40. The van der Waals surface area contributed by atoms with Gasteiger partial charge in [-0.1, -0.05) is 31.5 Å². The van der Waals surface area contributed by atoms with Crippen molar-refractivity contribution in [1.82, 2.24) is 24.1 Å². The van der Waals surface area contributed by atoms with Gasteiger partial charge in [0.2, 0.25) is 0 Å². The van der Waals surface area contributed by atoms with Crippen LogP contribution in [-0.2, 0) is 19.5 Å². The molecule has 0 saturated heterocycles. The average Bonchev–Trinajstić information content (AvgIpc) is 3.18. The zero-order valence-corrected chi connectivity index (χ0v) is 17.1. The van der Waals surface area contributed by atoms with E-state index in [9.17, 15) is 14.0 Å². The molecule has 8 nitrogen and oxygen atoms in total. The van der Waals surface area contributed by atoms with E-state index in [1.54, 1.807) is 36.5 Å². The average molecular weight is 422 g/mol. The number of nitrogens with one attached hydrogen (secondary N) is 1. The van der Waals surface area contributed by atoms with Gasteiger partial charge >= 0.3 is 5.69 Å². The van der Waals surface area contributed by atoms with Gasteiger partial charge in [-0.15, -0.1) is 0 Å². The molecule has 0 amide bonds. The maximum Gasteiger partial charge on any atom is 0.333 e. The zero-order valence-electron chi connectivity index (χ0n) is 17.1. The van der Waals surface area contributed by atoms with E-state index in [0.29, 0.717) is 30.1 Å². The van der Waals surface area contributed by atoms with E-state index in [4.69, 9.17) is 5.73 Å². The largest absolute Gasteiger partial charge is 0.397 e. The first kappa shape index (κ1) is 20.5. The summed E-state index contributed by atoms with van der Waals surface area (Å²) in [6.07, 6.45) is 3.52. The van der Waals surface area contributed by atoms with Gasteiger partial charge in [0.05, 0.1) is 18.4 Å². The fraction of sp³-hybridized carbons (Fsp3) is 0.273. The molecule has 0 fully saturated rings. The highest BCUT2D eigenvalue weighted by Gasteiger charge is 2.18. The number of aromatic amines is 1. The predicted molar refractivity (Wildman–Crippen MR) is 116 cm³/mol. The molecule has 0 spiro atoms. The van der Waals surface area contributed by atoms with Crippen molar-refractivity contribution >= 4 is 16.9 Å². The minimum absolute atomic E-state index is 0.153. The van der Waals surface area contributed by atoms with Gasteiger partial charge in [-0.25, -0.2) is 14.2 Å². The van der Waals surface area contributed by atoms with Crippen molar-refractivity contribution in [2.45, 2.75) is 39.3 Å². The van der Waals surface area contributed by atoms with Crippen LogP contribution in [0.25, 0.3) is 11.2 Å². The second-order valence-corrected chi connectivity index (χ2v) is 7.41. The van der Waals surface area contributed by atoms with Gasteiger partial charge in [0.25, 0.3) is 5.56 Å². The quantitative estimate of drug-likeness (QED) is 0.475. The molecule has 0 saturated carbocycles. The molecular formula is C22H23FN6O2. The Morgan fingerprint density at radius 2 is 1.94 bits per heavy atom. The first-order valence-electron chi connectivity index (χ1n) is 10.1. The van der Waals surface area contributed by atoms with Crippen molar-refractivity contribution in [1.29, 1.82) is 0 Å². The molecule has 0 aliphatic rings. The van der Waals surface area contributed by atoms with Crippen LogP contribution >= 0.6 is 0 Å². The van der Waals surface area contributed by atoms with Gasteiger partial charge in [0.15, 0.2) is 5.65 Å². The van der Waals surface area contributed by atoms with E-state index < -0.39 is 17.1 Å². The van der Waals surface area contributed by atoms with Crippen molar-refractivity contribution in [3.05, 3.63) is 86.3 Å². The maximum absolute atomic E-state index is 14.2. The molecule has 3 heterocycles. The third kappa shape index (κ3) is 4.11. The fourth-order valence-electron chi connectivity index (χ4n) is 3.46. The number of imidazole rings is 1. The van der Waals surface area contributed by atoms with Gasteiger partial charge in [-0.2, -0.15) is 0 Å². The van der Waals surface area contributed by atoms with E-state index in [2.05, 4.69) is 15.0 Å². The molecule has 0 atom stereocenters. The number of benzene rings is 1. The second-order valence-electron chi connectivity index (χ2n) is 7.41. The minimum atomic E-state index is -0.528. The van der Waals surface area contributed by atoms with Crippen LogP contribution in [0.1, 0.15) is 36.8 Å². The molecule has 160 valence electrons. The lowest BCUT2D eigenvalue weighted by Gasteiger charge is -2.11. The highest BCUT2D eigenvalue weighted by Crippen LogP contribution is 2.12. The molecule has 4 rings (SSSR count). The van der Waals surface area contributed by atoms with Crippen molar-refractivity contribution in [2.75, 3.05) is 5.73 Å². The van der Waals surface area contributed by atoms with E-state index in [1.165, 1.54) is 10.6 Å². The van der Waals surface area contributed by atoms with Gasteiger partial charge in [0.1, 0.15) is 17.2 Å². The summed E-state index contributed by atoms with van der Waals surface area (Å²) in [6.45, 7) is 2.27. The summed E-state index contributed by atoms with van der Waals surface area (Å²) in [4.78, 5) is 38.1. The molecule has 0 radical (unpaired) electrons. The van der Waals surface area contributed by atoms with Crippen LogP contribution in [-0.4, -0.2) is 24.1 Å². The zero-order chi connectivity index (χ0) is 22.0. The molecule has 0 bridgehead atoms. The first-order chi connectivity index (χ1) is 15.0. The Hall–Kier alpha value is -3.75. The Morgan fingerprint density at radius 3 is 2.65 bits per heavy atom. The highest BCUT2D eigenvalue weighted by molar-refractivity contribution is 5.70. The van der Waals surface area contributed by atoms with E-state index in [-0.39, 0.29) is 17.6 Å². The number of fused-ring (bicyclic) bond motifs is 1.